The summed E-state index contributed by atoms with van der Waals surface area (Å²) in [6.07, 6.45) is 5.86. The normalized spacial score (nSPS) is 15.7. The summed E-state index contributed by atoms with van der Waals surface area (Å²) in [7, 11) is 0. The summed E-state index contributed by atoms with van der Waals surface area (Å²) in [6.45, 7) is 5.39. The van der Waals surface area contributed by atoms with E-state index in [1.54, 1.807) is 4.90 Å². The smallest absolute Gasteiger partial charge is 0.317 e. The molecule has 0 atom stereocenters. The van der Waals surface area contributed by atoms with Crippen LogP contribution in [-0.4, -0.2) is 59.4 Å². The average Bonchev–Trinajstić information content (AvgIpc) is 2.86. The Hall–Kier alpha value is -1.98. The highest BCUT2D eigenvalue weighted by atomic mass is 16.2. The van der Waals surface area contributed by atoms with E-state index in [1.165, 1.54) is 0 Å². The number of aromatic nitrogens is 1. The second kappa shape index (κ2) is 7.71. The van der Waals surface area contributed by atoms with Gasteiger partial charge < -0.3 is 20.1 Å². The lowest BCUT2D eigenvalue weighted by atomic mass is 10.2. The predicted octanol–water partition coefficient (Wildman–Crippen LogP) is 1.21. The minimum Gasteiger partial charge on any atom is -0.367 e. The topological polar surface area (TPSA) is 68.4 Å². The molecule has 1 saturated heterocycles. The zero-order chi connectivity index (χ0) is 15.1. The molecule has 1 fully saturated rings. The minimum absolute atomic E-state index is 0.0169. The third kappa shape index (κ3) is 4.51. The Balaban J connectivity index is 1.82. The molecule has 6 heteroatoms. The molecule has 0 aliphatic carbocycles. The molecule has 116 valence electrons. The molecule has 1 aromatic rings. The van der Waals surface area contributed by atoms with Gasteiger partial charge in [-0.25, -0.2) is 4.79 Å². The van der Waals surface area contributed by atoms with Gasteiger partial charge in [-0.3, -0.25) is 4.79 Å². The molecule has 2 rings (SSSR count). The number of carbonyl (C=O) groups excluding carboxylic acids is 2. The predicted molar refractivity (Wildman–Crippen MR) is 81.0 cm³/mol. The molecule has 2 N–H and O–H groups in total. The van der Waals surface area contributed by atoms with Crippen molar-refractivity contribution < 1.29 is 9.59 Å². The van der Waals surface area contributed by atoms with Gasteiger partial charge in [-0.2, -0.15) is 0 Å². The molecule has 0 bridgehead atoms. The molecule has 0 radical (unpaired) electrons. The number of urea groups is 1. The van der Waals surface area contributed by atoms with Gasteiger partial charge in [-0.15, -0.1) is 0 Å². The first-order chi connectivity index (χ1) is 10.2. The minimum atomic E-state index is -0.0169. The second-order valence-electron chi connectivity index (χ2n) is 5.35. The first kappa shape index (κ1) is 15.4. The standard InChI is InChI=1S/C15H24N4O2/c1-2-5-17-15(21)19-8-3-7-18(9-10-19)14(20)11-13-4-6-16-12-13/h4,6,12,16H,2-3,5,7-11H2,1H3,(H,17,21). The van der Waals surface area contributed by atoms with Crippen LogP contribution in [0.1, 0.15) is 25.3 Å². The summed E-state index contributed by atoms with van der Waals surface area (Å²) in [4.78, 5) is 30.8. The molecule has 3 amide bonds. The zero-order valence-corrected chi connectivity index (χ0v) is 12.6. The van der Waals surface area contributed by atoms with Gasteiger partial charge in [0.1, 0.15) is 0 Å². The molecule has 0 saturated carbocycles. The molecular weight excluding hydrogens is 268 g/mol. The number of nitrogens with zero attached hydrogens (tertiary/aromatic N) is 2. The maximum Gasteiger partial charge on any atom is 0.317 e. The van der Waals surface area contributed by atoms with Crippen molar-refractivity contribution in [3.8, 4) is 0 Å². The van der Waals surface area contributed by atoms with Crippen molar-refractivity contribution in [2.75, 3.05) is 32.7 Å². The molecule has 21 heavy (non-hydrogen) atoms. The van der Waals surface area contributed by atoms with Crippen LogP contribution in [0.4, 0.5) is 4.79 Å². The SMILES string of the molecule is CCCNC(=O)N1CCCN(C(=O)Cc2cc[nH]c2)CC1. The quantitative estimate of drug-likeness (QED) is 0.876. The number of carbonyl (C=O) groups is 2. The highest BCUT2D eigenvalue weighted by Gasteiger charge is 2.21. The molecular formula is C15H24N4O2. The highest BCUT2D eigenvalue weighted by molar-refractivity contribution is 5.79. The first-order valence-electron chi connectivity index (χ1n) is 7.63. The monoisotopic (exact) mass is 292 g/mol. The van der Waals surface area contributed by atoms with E-state index in [4.69, 9.17) is 0 Å². The molecule has 6 nitrogen and oxygen atoms in total. The van der Waals surface area contributed by atoms with E-state index in [1.807, 2.05) is 30.3 Å². The highest BCUT2D eigenvalue weighted by Crippen LogP contribution is 2.07. The van der Waals surface area contributed by atoms with Crippen LogP contribution in [0.2, 0.25) is 0 Å². The van der Waals surface area contributed by atoms with Crippen molar-refractivity contribution in [3.05, 3.63) is 24.0 Å². The van der Waals surface area contributed by atoms with E-state index in [9.17, 15) is 9.59 Å². The summed E-state index contributed by atoms with van der Waals surface area (Å²) >= 11 is 0. The molecule has 1 aliphatic rings. The number of hydrogen-bond donors (Lipinski definition) is 2. The van der Waals surface area contributed by atoms with Crippen molar-refractivity contribution in [3.63, 3.8) is 0 Å². The Labute approximate surface area is 125 Å². The van der Waals surface area contributed by atoms with Crippen LogP contribution in [0.5, 0.6) is 0 Å². The van der Waals surface area contributed by atoms with Crippen molar-refractivity contribution in [2.24, 2.45) is 0 Å². The number of amides is 3. The van der Waals surface area contributed by atoms with Gasteiger partial charge in [-0.1, -0.05) is 6.92 Å². The van der Waals surface area contributed by atoms with Crippen LogP contribution in [0, 0.1) is 0 Å². The number of nitrogens with one attached hydrogen (secondary N) is 2. The number of H-pyrrole nitrogens is 1. The Morgan fingerprint density at radius 1 is 1.24 bits per heavy atom. The lowest BCUT2D eigenvalue weighted by Gasteiger charge is -2.22. The van der Waals surface area contributed by atoms with Gasteiger partial charge in [0.15, 0.2) is 0 Å². The maximum absolute atomic E-state index is 12.3. The van der Waals surface area contributed by atoms with Crippen LogP contribution >= 0.6 is 0 Å². The van der Waals surface area contributed by atoms with E-state index < -0.39 is 0 Å². The largest absolute Gasteiger partial charge is 0.367 e. The van der Waals surface area contributed by atoms with Crippen LogP contribution < -0.4 is 5.32 Å². The van der Waals surface area contributed by atoms with Gasteiger partial charge in [0.25, 0.3) is 0 Å². The Morgan fingerprint density at radius 2 is 2.00 bits per heavy atom. The summed E-state index contributed by atoms with van der Waals surface area (Å²) in [5.74, 6) is 0.130. The van der Waals surface area contributed by atoms with Crippen molar-refractivity contribution in [1.82, 2.24) is 20.1 Å². The number of rotatable bonds is 4. The third-order valence-electron chi connectivity index (χ3n) is 3.68. The van der Waals surface area contributed by atoms with E-state index >= 15 is 0 Å². The lowest BCUT2D eigenvalue weighted by Crippen LogP contribution is -2.43. The maximum atomic E-state index is 12.3. The van der Waals surface area contributed by atoms with Gasteiger partial charge in [0.05, 0.1) is 6.42 Å². The Kier molecular flexibility index (Phi) is 5.66. The summed E-state index contributed by atoms with van der Waals surface area (Å²) in [5, 5.41) is 2.89. The van der Waals surface area contributed by atoms with Crippen LogP contribution in [0.25, 0.3) is 0 Å². The van der Waals surface area contributed by atoms with Gasteiger partial charge in [0, 0.05) is 45.1 Å². The van der Waals surface area contributed by atoms with E-state index in [0.717, 1.165) is 24.9 Å². The molecule has 1 aromatic heterocycles. The molecule has 0 unspecified atom stereocenters. The molecule has 0 aromatic carbocycles. The van der Waals surface area contributed by atoms with Crippen LogP contribution in [-0.2, 0) is 11.2 Å². The lowest BCUT2D eigenvalue weighted by molar-refractivity contribution is -0.130. The second-order valence-corrected chi connectivity index (χ2v) is 5.35. The zero-order valence-electron chi connectivity index (χ0n) is 12.6. The van der Waals surface area contributed by atoms with Crippen molar-refractivity contribution >= 4 is 11.9 Å². The van der Waals surface area contributed by atoms with Crippen molar-refractivity contribution in [1.29, 1.82) is 0 Å². The first-order valence-corrected chi connectivity index (χ1v) is 7.63. The fourth-order valence-electron chi connectivity index (χ4n) is 2.47. The van der Waals surface area contributed by atoms with Crippen LogP contribution in [0.15, 0.2) is 18.5 Å². The van der Waals surface area contributed by atoms with Gasteiger partial charge in [-0.05, 0) is 24.5 Å². The fourth-order valence-corrected chi connectivity index (χ4v) is 2.47. The van der Waals surface area contributed by atoms with Crippen molar-refractivity contribution in [2.45, 2.75) is 26.2 Å². The Bertz CT molecular complexity index is 458. The fraction of sp³-hybridized carbons (Fsp3) is 0.600. The van der Waals surface area contributed by atoms with Gasteiger partial charge in [0.2, 0.25) is 5.91 Å². The van der Waals surface area contributed by atoms with E-state index in [2.05, 4.69) is 10.3 Å². The average molecular weight is 292 g/mol. The molecule has 1 aliphatic heterocycles. The number of aromatic amines is 1. The van der Waals surface area contributed by atoms with E-state index in [0.29, 0.717) is 32.6 Å². The van der Waals surface area contributed by atoms with E-state index in [-0.39, 0.29) is 11.9 Å². The van der Waals surface area contributed by atoms with Crippen LogP contribution in [0.3, 0.4) is 0 Å². The third-order valence-corrected chi connectivity index (χ3v) is 3.68. The summed E-state index contributed by atoms with van der Waals surface area (Å²) in [5.41, 5.74) is 1.00. The summed E-state index contributed by atoms with van der Waals surface area (Å²) in [6, 6.07) is 1.90. The number of hydrogen-bond acceptors (Lipinski definition) is 2. The molecule has 0 spiro atoms. The summed E-state index contributed by atoms with van der Waals surface area (Å²) < 4.78 is 0. The van der Waals surface area contributed by atoms with Gasteiger partial charge >= 0.3 is 6.03 Å². The Morgan fingerprint density at radius 3 is 2.71 bits per heavy atom. The molecule has 2 heterocycles.